The van der Waals surface area contributed by atoms with Crippen LogP contribution < -0.4 is 10.6 Å². The van der Waals surface area contributed by atoms with Gasteiger partial charge in [0.2, 0.25) is 11.8 Å². The lowest BCUT2D eigenvalue weighted by molar-refractivity contribution is -0.134. The molecule has 0 radical (unpaired) electrons. The van der Waals surface area contributed by atoms with Gasteiger partial charge in [0.05, 0.1) is 24.2 Å². The Hall–Kier alpha value is -2.80. The molecule has 0 aliphatic carbocycles. The lowest BCUT2D eigenvalue weighted by Gasteiger charge is -2.35. The van der Waals surface area contributed by atoms with Crippen LogP contribution in [0.4, 0.5) is 0 Å². The molecule has 0 saturated carbocycles. The highest BCUT2D eigenvalue weighted by atomic mass is 16.2. The molecule has 2 heterocycles. The van der Waals surface area contributed by atoms with E-state index in [1.54, 1.807) is 12.3 Å². The third-order valence-corrected chi connectivity index (χ3v) is 4.71. The lowest BCUT2D eigenvalue weighted by Crippen LogP contribution is -2.56. The molecule has 2 atom stereocenters. The Morgan fingerprint density at radius 2 is 2.26 bits per heavy atom. The molecule has 0 spiro atoms. The zero-order chi connectivity index (χ0) is 19.2. The monoisotopic (exact) mass is 367 g/mol. The minimum atomic E-state index is -0.475. The van der Waals surface area contributed by atoms with Crippen LogP contribution in [0, 0.1) is 6.92 Å². The van der Waals surface area contributed by atoms with Crippen LogP contribution in [-0.4, -0.2) is 45.8 Å². The SMILES string of the molecule is Cc1cccc(CN2CCNC(=O)[C@H]2CC(=O)N[C@@H](C)c2ccncn2)c1. The van der Waals surface area contributed by atoms with Crippen LogP contribution >= 0.6 is 0 Å². The van der Waals surface area contributed by atoms with Gasteiger partial charge in [0.25, 0.3) is 0 Å². The second kappa shape index (κ2) is 8.73. The Bertz CT molecular complexity index is 796. The number of carbonyl (C=O) groups excluding carboxylic acids is 2. The molecule has 3 rings (SSSR count). The van der Waals surface area contributed by atoms with Crippen LogP contribution in [0.5, 0.6) is 0 Å². The van der Waals surface area contributed by atoms with E-state index in [1.165, 1.54) is 11.9 Å². The quantitative estimate of drug-likeness (QED) is 0.805. The fourth-order valence-electron chi connectivity index (χ4n) is 3.33. The van der Waals surface area contributed by atoms with E-state index in [9.17, 15) is 9.59 Å². The number of rotatable bonds is 6. The number of nitrogens with one attached hydrogen (secondary N) is 2. The minimum absolute atomic E-state index is 0.0984. The van der Waals surface area contributed by atoms with Gasteiger partial charge in [-0.05, 0) is 25.5 Å². The first-order chi connectivity index (χ1) is 13.0. The van der Waals surface area contributed by atoms with Gasteiger partial charge in [-0.2, -0.15) is 0 Å². The van der Waals surface area contributed by atoms with E-state index >= 15 is 0 Å². The summed E-state index contributed by atoms with van der Waals surface area (Å²) >= 11 is 0. The molecular weight excluding hydrogens is 342 g/mol. The lowest BCUT2D eigenvalue weighted by atomic mass is 10.1. The van der Waals surface area contributed by atoms with Crippen molar-refractivity contribution in [3.05, 3.63) is 59.7 Å². The maximum Gasteiger partial charge on any atom is 0.237 e. The maximum absolute atomic E-state index is 12.5. The van der Waals surface area contributed by atoms with E-state index in [4.69, 9.17) is 0 Å². The second-order valence-corrected chi connectivity index (χ2v) is 6.89. The summed E-state index contributed by atoms with van der Waals surface area (Å²) in [5.41, 5.74) is 3.06. The van der Waals surface area contributed by atoms with Gasteiger partial charge in [0.15, 0.2) is 0 Å². The topological polar surface area (TPSA) is 87.2 Å². The number of aryl methyl sites for hydroxylation is 1. The second-order valence-electron chi connectivity index (χ2n) is 6.89. The number of benzene rings is 1. The van der Waals surface area contributed by atoms with Gasteiger partial charge < -0.3 is 10.6 Å². The number of piperazine rings is 1. The van der Waals surface area contributed by atoms with E-state index in [1.807, 2.05) is 32.0 Å². The third-order valence-electron chi connectivity index (χ3n) is 4.71. The smallest absolute Gasteiger partial charge is 0.237 e. The fourth-order valence-corrected chi connectivity index (χ4v) is 3.33. The molecule has 1 aliphatic rings. The van der Waals surface area contributed by atoms with Crippen molar-refractivity contribution in [3.63, 3.8) is 0 Å². The summed E-state index contributed by atoms with van der Waals surface area (Å²) in [6.07, 6.45) is 3.21. The fraction of sp³-hybridized carbons (Fsp3) is 0.400. The molecule has 1 aliphatic heterocycles. The van der Waals surface area contributed by atoms with Crippen molar-refractivity contribution >= 4 is 11.8 Å². The zero-order valence-corrected chi connectivity index (χ0v) is 15.7. The number of aromatic nitrogens is 2. The molecule has 27 heavy (non-hydrogen) atoms. The van der Waals surface area contributed by atoms with Crippen LogP contribution in [0.25, 0.3) is 0 Å². The molecular formula is C20H25N5O2. The first-order valence-corrected chi connectivity index (χ1v) is 9.15. The number of nitrogens with zero attached hydrogens (tertiary/aromatic N) is 3. The Labute approximate surface area is 159 Å². The van der Waals surface area contributed by atoms with E-state index in [0.717, 1.165) is 17.8 Å². The van der Waals surface area contributed by atoms with Gasteiger partial charge in [-0.3, -0.25) is 14.5 Å². The summed E-state index contributed by atoms with van der Waals surface area (Å²) in [7, 11) is 0. The number of amides is 2. The minimum Gasteiger partial charge on any atom is -0.353 e. The average Bonchev–Trinajstić information content (AvgIpc) is 2.65. The molecule has 0 unspecified atom stereocenters. The van der Waals surface area contributed by atoms with Crippen molar-refractivity contribution < 1.29 is 9.59 Å². The summed E-state index contributed by atoms with van der Waals surface area (Å²) in [6.45, 7) is 5.88. The van der Waals surface area contributed by atoms with Gasteiger partial charge in [0, 0.05) is 25.8 Å². The zero-order valence-electron chi connectivity index (χ0n) is 15.7. The van der Waals surface area contributed by atoms with E-state index in [2.05, 4.69) is 31.6 Å². The molecule has 1 fully saturated rings. The van der Waals surface area contributed by atoms with Crippen LogP contribution in [0.1, 0.15) is 36.2 Å². The van der Waals surface area contributed by atoms with E-state index in [0.29, 0.717) is 13.1 Å². The number of hydrogen-bond acceptors (Lipinski definition) is 5. The molecule has 1 aromatic heterocycles. The molecule has 2 N–H and O–H groups in total. The van der Waals surface area contributed by atoms with Crippen LogP contribution in [0.15, 0.2) is 42.9 Å². The Morgan fingerprint density at radius 3 is 3.00 bits per heavy atom. The van der Waals surface area contributed by atoms with Crippen molar-refractivity contribution in [2.24, 2.45) is 0 Å². The summed E-state index contributed by atoms with van der Waals surface area (Å²) in [6, 6.07) is 9.28. The number of hydrogen-bond donors (Lipinski definition) is 2. The molecule has 7 heteroatoms. The Kier molecular flexibility index (Phi) is 6.13. The molecule has 7 nitrogen and oxygen atoms in total. The highest BCUT2D eigenvalue weighted by Crippen LogP contribution is 2.16. The van der Waals surface area contributed by atoms with Crippen molar-refractivity contribution in [1.82, 2.24) is 25.5 Å². The molecule has 0 bridgehead atoms. The van der Waals surface area contributed by atoms with Gasteiger partial charge in [-0.25, -0.2) is 9.97 Å². The largest absolute Gasteiger partial charge is 0.353 e. The van der Waals surface area contributed by atoms with Gasteiger partial charge in [0.1, 0.15) is 6.33 Å². The maximum atomic E-state index is 12.5. The molecule has 2 aromatic rings. The van der Waals surface area contributed by atoms with Gasteiger partial charge in [-0.15, -0.1) is 0 Å². The number of carbonyl (C=O) groups is 2. The van der Waals surface area contributed by atoms with Crippen molar-refractivity contribution in [2.75, 3.05) is 13.1 Å². The van der Waals surface area contributed by atoms with Gasteiger partial charge in [-0.1, -0.05) is 29.8 Å². The highest BCUT2D eigenvalue weighted by molar-refractivity contribution is 5.88. The predicted molar refractivity (Wildman–Crippen MR) is 102 cm³/mol. The predicted octanol–water partition coefficient (Wildman–Crippen LogP) is 1.35. The van der Waals surface area contributed by atoms with Crippen LogP contribution in [0.3, 0.4) is 0 Å². The van der Waals surface area contributed by atoms with Crippen LogP contribution in [-0.2, 0) is 16.1 Å². The van der Waals surface area contributed by atoms with Crippen LogP contribution in [0.2, 0.25) is 0 Å². The van der Waals surface area contributed by atoms with Crippen molar-refractivity contribution in [1.29, 1.82) is 0 Å². The first-order valence-electron chi connectivity index (χ1n) is 9.15. The van der Waals surface area contributed by atoms with Gasteiger partial charge >= 0.3 is 0 Å². The molecule has 2 amide bonds. The normalized spacial score (nSPS) is 18.6. The average molecular weight is 367 g/mol. The Balaban J connectivity index is 1.64. The summed E-state index contributed by atoms with van der Waals surface area (Å²) in [5.74, 6) is -0.267. The van der Waals surface area contributed by atoms with E-state index < -0.39 is 6.04 Å². The van der Waals surface area contributed by atoms with Crippen molar-refractivity contribution in [3.8, 4) is 0 Å². The Morgan fingerprint density at radius 1 is 1.41 bits per heavy atom. The third kappa shape index (κ3) is 5.10. The molecule has 1 aromatic carbocycles. The van der Waals surface area contributed by atoms with Crippen molar-refractivity contribution in [2.45, 2.75) is 38.9 Å². The molecule has 1 saturated heterocycles. The first kappa shape index (κ1) is 19.0. The van der Waals surface area contributed by atoms with E-state index in [-0.39, 0.29) is 24.3 Å². The summed E-state index contributed by atoms with van der Waals surface area (Å²) < 4.78 is 0. The highest BCUT2D eigenvalue weighted by Gasteiger charge is 2.31. The molecule has 142 valence electrons. The summed E-state index contributed by atoms with van der Waals surface area (Å²) in [5, 5.41) is 5.79. The standard InChI is InChI=1S/C20H25N5O2/c1-14-4-3-5-16(10-14)12-25-9-8-22-20(27)18(25)11-19(26)24-15(2)17-6-7-21-13-23-17/h3-7,10,13,15,18H,8-9,11-12H2,1-2H3,(H,22,27)(H,24,26)/t15-,18+/m0/s1. The summed E-state index contributed by atoms with van der Waals surface area (Å²) in [4.78, 5) is 35.0.